The molecular weight excluding hydrogens is 481 g/mol. The molecule has 0 aromatic heterocycles. The van der Waals surface area contributed by atoms with E-state index in [2.05, 4.69) is 10.2 Å². The summed E-state index contributed by atoms with van der Waals surface area (Å²) in [5.74, 6) is 0.728. The van der Waals surface area contributed by atoms with Crippen LogP contribution in [0.1, 0.15) is 28.4 Å². The molecule has 0 atom stereocenters. The number of hydrogen-bond donors (Lipinski definition) is 1. The van der Waals surface area contributed by atoms with Gasteiger partial charge in [-0.3, -0.25) is 0 Å². The molecule has 6 nitrogen and oxygen atoms in total. The van der Waals surface area contributed by atoms with Crippen LogP contribution in [0.25, 0.3) is 0 Å². The third-order valence-corrected chi connectivity index (χ3v) is 5.62. The molecule has 3 aromatic carbocycles. The smallest absolute Gasteiger partial charge is 0.345 e. The van der Waals surface area contributed by atoms with Crippen molar-refractivity contribution >= 4 is 52.3 Å². The summed E-state index contributed by atoms with van der Waals surface area (Å²) in [7, 11) is 0. The van der Waals surface area contributed by atoms with Crippen LogP contribution in [0.4, 0.5) is 0 Å². The first kappa shape index (κ1) is 24.6. The van der Waals surface area contributed by atoms with Crippen LogP contribution in [0.3, 0.4) is 0 Å². The second-order valence-electron chi connectivity index (χ2n) is 6.61. The Morgan fingerprint density at radius 1 is 1.06 bits per heavy atom. The zero-order valence-electron chi connectivity index (χ0n) is 17.7. The van der Waals surface area contributed by atoms with Crippen molar-refractivity contribution in [3.8, 4) is 11.5 Å². The molecule has 0 aliphatic rings. The van der Waals surface area contributed by atoms with Gasteiger partial charge in [0.2, 0.25) is 0 Å². The molecule has 3 rings (SSSR count). The maximum Gasteiger partial charge on any atom is 0.345 e. The standard InChI is InChI=1S/C24H21Cl2N3O3S/c1-2-31-22-12-17(14-28-29-24(27)33-15-16-6-4-3-5-7-16)8-11-21(22)32-23(30)19-10-9-18(25)13-20(19)26/h3-14H,2,15H2,1H3,(H2,27,29). The summed E-state index contributed by atoms with van der Waals surface area (Å²) in [6.45, 7) is 2.21. The van der Waals surface area contributed by atoms with Gasteiger partial charge in [0.15, 0.2) is 16.7 Å². The molecule has 0 heterocycles. The Labute approximate surface area is 206 Å². The number of carbonyl (C=O) groups is 1. The Balaban J connectivity index is 1.67. The van der Waals surface area contributed by atoms with Gasteiger partial charge >= 0.3 is 5.97 Å². The Kier molecular flexibility index (Phi) is 9.18. The zero-order valence-corrected chi connectivity index (χ0v) is 20.0. The monoisotopic (exact) mass is 501 g/mol. The number of halogens is 2. The summed E-state index contributed by atoms with van der Waals surface area (Å²) >= 11 is 13.4. The van der Waals surface area contributed by atoms with Crippen molar-refractivity contribution in [1.82, 2.24) is 0 Å². The van der Waals surface area contributed by atoms with E-state index < -0.39 is 5.97 Å². The Bertz CT molecular complexity index is 1170. The van der Waals surface area contributed by atoms with Crippen LogP contribution in [0, 0.1) is 0 Å². The van der Waals surface area contributed by atoms with Crippen LogP contribution < -0.4 is 15.2 Å². The lowest BCUT2D eigenvalue weighted by atomic mass is 10.2. The lowest BCUT2D eigenvalue weighted by molar-refractivity contribution is 0.0728. The zero-order chi connectivity index (χ0) is 23.6. The van der Waals surface area contributed by atoms with Crippen molar-refractivity contribution in [3.05, 3.63) is 93.5 Å². The number of benzene rings is 3. The first-order chi connectivity index (χ1) is 16.0. The van der Waals surface area contributed by atoms with Crippen LogP contribution in [0.2, 0.25) is 10.0 Å². The number of ether oxygens (including phenoxy) is 2. The highest BCUT2D eigenvalue weighted by atomic mass is 35.5. The first-order valence-corrected chi connectivity index (χ1v) is 11.7. The largest absolute Gasteiger partial charge is 0.490 e. The molecule has 170 valence electrons. The average Bonchev–Trinajstić information content (AvgIpc) is 2.80. The van der Waals surface area contributed by atoms with Crippen molar-refractivity contribution in [2.75, 3.05) is 6.61 Å². The second kappa shape index (κ2) is 12.3. The second-order valence-corrected chi connectivity index (χ2v) is 8.45. The molecule has 2 N–H and O–H groups in total. The number of thioether (sulfide) groups is 1. The lowest BCUT2D eigenvalue weighted by Crippen LogP contribution is -2.10. The Morgan fingerprint density at radius 3 is 2.58 bits per heavy atom. The van der Waals surface area contributed by atoms with Crippen molar-refractivity contribution in [2.24, 2.45) is 15.9 Å². The fourth-order valence-corrected chi connectivity index (χ4v) is 3.78. The summed E-state index contributed by atoms with van der Waals surface area (Å²) in [5.41, 5.74) is 7.97. The van der Waals surface area contributed by atoms with Gasteiger partial charge in [-0.1, -0.05) is 65.3 Å². The van der Waals surface area contributed by atoms with Gasteiger partial charge < -0.3 is 15.2 Å². The van der Waals surface area contributed by atoms with E-state index in [9.17, 15) is 4.79 Å². The third kappa shape index (κ3) is 7.53. The molecular formula is C24H21Cl2N3O3S. The molecule has 0 spiro atoms. The number of nitrogens with zero attached hydrogens (tertiary/aromatic N) is 2. The molecule has 0 aliphatic carbocycles. The third-order valence-electron chi connectivity index (χ3n) is 4.21. The lowest BCUT2D eigenvalue weighted by Gasteiger charge is -2.12. The molecule has 33 heavy (non-hydrogen) atoms. The SMILES string of the molecule is CCOc1cc(C=NN=C(N)SCc2ccccc2)ccc1OC(=O)c1ccc(Cl)cc1Cl. The van der Waals surface area contributed by atoms with Crippen LogP contribution in [0.15, 0.2) is 76.9 Å². The highest BCUT2D eigenvalue weighted by Crippen LogP contribution is 2.30. The molecule has 3 aromatic rings. The molecule has 0 unspecified atom stereocenters. The van der Waals surface area contributed by atoms with Gasteiger partial charge in [0.25, 0.3) is 0 Å². The number of carbonyl (C=O) groups excluding carboxylic acids is 1. The maximum atomic E-state index is 12.5. The maximum absolute atomic E-state index is 12.5. The molecule has 0 fully saturated rings. The van der Waals surface area contributed by atoms with Crippen LogP contribution >= 0.6 is 35.0 Å². The van der Waals surface area contributed by atoms with Gasteiger partial charge in [-0.05, 0) is 54.4 Å². The molecule has 0 radical (unpaired) electrons. The van der Waals surface area contributed by atoms with E-state index >= 15 is 0 Å². The average molecular weight is 502 g/mol. The molecule has 0 aliphatic heterocycles. The van der Waals surface area contributed by atoms with E-state index in [4.69, 9.17) is 38.4 Å². The number of esters is 1. The van der Waals surface area contributed by atoms with Crippen molar-refractivity contribution < 1.29 is 14.3 Å². The van der Waals surface area contributed by atoms with Crippen molar-refractivity contribution in [1.29, 1.82) is 0 Å². The Hall–Kier alpha value is -3.00. The van der Waals surface area contributed by atoms with E-state index in [1.165, 1.54) is 23.9 Å². The van der Waals surface area contributed by atoms with Gasteiger partial charge in [-0.25, -0.2) is 4.79 Å². The van der Waals surface area contributed by atoms with Gasteiger partial charge in [0, 0.05) is 10.8 Å². The molecule has 0 saturated carbocycles. The van der Waals surface area contributed by atoms with E-state index in [1.807, 2.05) is 37.3 Å². The van der Waals surface area contributed by atoms with Crippen molar-refractivity contribution in [2.45, 2.75) is 12.7 Å². The molecule has 0 saturated heterocycles. The molecule has 9 heteroatoms. The Morgan fingerprint density at radius 2 is 1.85 bits per heavy atom. The summed E-state index contributed by atoms with van der Waals surface area (Å²) in [4.78, 5) is 12.5. The predicted octanol–water partition coefficient (Wildman–Crippen LogP) is 6.19. The number of amidine groups is 1. The van der Waals surface area contributed by atoms with Gasteiger partial charge in [0.05, 0.1) is 23.4 Å². The number of rotatable bonds is 8. The fraction of sp³-hybridized carbons (Fsp3) is 0.125. The van der Waals surface area contributed by atoms with Crippen molar-refractivity contribution in [3.63, 3.8) is 0 Å². The topological polar surface area (TPSA) is 86.3 Å². The summed E-state index contributed by atoms with van der Waals surface area (Å²) in [6, 6.07) is 19.5. The van der Waals surface area contributed by atoms with E-state index in [0.717, 1.165) is 5.56 Å². The summed E-state index contributed by atoms with van der Waals surface area (Å²) < 4.78 is 11.1. The number of hydrogen-bond acceptors (Lipinski definition) is 6. The van der Waals surface area contributed by atoms with Crippen LogP contribution in [-0.2, 0) is 5.75 Å². The summed E-state index contributed by atoms with van der Waals surface area (Å²) in [5, 5.41) is 9.03. The first-order valence-electron chi connectivity index (χ1n) is 9.93. The molecule has 0 amide bonds. The minimum absolute atomic E-state index is 0.201. The quantitative estimate of drug-likeness (QED) is 0.130. The fourth-order valence-electron chi connectivity index (χ4n) is 2.68. The van der Waals surface area contributed by atoms with E-state index in [0.29, 0.717) is 33.9 Å². The van der Waals surface area contributed by atoms with Gasteiger partial charge in [-0.15, -0.1) is 5.10 Å². The minimum Gasteiger partial charge on any atom is -0.490 e. The van der Waals surface area contributed by atoms with Crippen LogP contribution in [0.5, 0.6) is 11.5 Å². The highest BCUT2D eigenvalue weighted by Gasteiger charge is 2.16. The summed E-state index contributed by atoms with van der Waals surface area (Å²) in [6.07, 6.45) is 1.54. The van der Waals surface area contributed by atoms with E-state index in [-0.39, 0.29) is 16.3 Å². The number of nitrogens with two attached hydrogens (primary N) is 1. The highest BCUT2D eigenvalue weighted by molar-refractivity contribution is 8.13. The van der Waals surface area contributed by atoms with Crippen LogP contribution in [-0.4, -0.2) is 24.0 Å². The van der Waals surface area contributed by atoms with Gasteiger partial charge in [-0.2, -0.15) is 5.10 Å². The predicted molar refractivity (Wildman–Crippen MR) is 136 cm³/mol. The minimum atomic E-state index is -0.619. The van der Waals surface area contributed by atoms with Gasteiger partial charge in [0.1, 0.15) is 0 Å². The van der Waals surface area contributed by atoms with E-state index in [1.54, 1.807) is 30.5 Å². The molecule has 0 bridgehead atoms. The normalized spacial score (nSPS) is 11.5.